The van der Waals surface area contributed by atoms with E-state index in [9.17, 15) is 4.79 Å². The molecule has 0 aliphatic carbocycles. The quantitative estimate of drug-likeness (QED) is 0.454. The number of rotatable bonds is 7. The zero-order valence-electron chi connectivity index (χ0n) is 7.34. The second-order valence-corrected chi connectivity index (χ2v) is 2.31. The number of ether oxygens (including phenoxy) is 2. The summed E-state index contributed by atoms with van der Waals surface area (Å²) in [5.74, 6) is -1.23. The lowest BCUT2D eigenvalue weighted by Crippen LogP contribution is -2.40. The molecule has 0 saturated heterocycles. The first-order chi connectivity index (χ1) is 6.17. The van der Waals surface area contributed by atoms with Crippen LogP contribution in [0.2, 0.25) is 0 Å². The van der Waals surface area contributed by atoms with Crippen molar-refractivity contribution in [2.45, 2.75) is 12.2 Å². The van der Waals surface area contributed by atoms with Gasteiger partial charge in [-0.15, -0.1) is 0 Å². The van der Waals surface area contributed by atoms with Crippen LogP contribution in [0.25, 0.3) is 0 Å². The normalized spacial score (nSPS) is 15.3. The molecular weight excluding hydrogens is 180 g/mol. The molecule has 0 aromatic heterocycles. The first-order valence-electron chi connectivity index (χ1n) is 3.76. The molecule has 0 spiro atoms. The molecule has 6 nitrogen and oxygen atoms in total. The van der Waals surface area contributed by atoms with Gasteiger partial charge in [0.1, 0.15) is 6.10 Å². The van der Waals surface area contributed by atoms with Gasteiger partial charge in [0, 0.05) is 7.11 Å². The van der Waals surface area contributed by atoms with Gasteiger partial charge >= 0.3 is 5.97 Å². The molecule has 0 aromatic carbocycles. The number of aliphatic carboxylic acids is 1. The fourth-order valence-electron chi connectivity index (χ4n) is 0.811. The highest BCUT2D eigenvalue weighted by Gasteiger charge is 2.28. The fourth-order valence-corrected chi connectivity index (χ4v) is 0.811. The van der Waals surface area contributed by atoms with Crippen LogP contribution >= 0.6 is 0 Å². The average molecular weight is 194 g/mol. The molecule has 0 bridgehead atoms. The first-order valence-corrected chi connectivity index (χ1v) is 3.76. The summed E-state index contributed by atoms with van der Waals surface area (Å²) in [7, 11) is 1.28. The van der Waals surface area contributed by atoms with Crippen molar-refractivity contribution in [1.82, 2.24) is 0 Å². The summed E-state index contributed by atoms with van der Waals surface area (Å²) in [4.78, 5) is 10.6. The van der Waals surface area contributed by atoms with Gasteiger partial charge in [-0.25, -0.2) is 4.79 Å². The average Bonchev–Trinajstić information content (AvgIpc) is 2.11. The molecule has 6 heteroatoms. The maximum Gasteiger partial charge on any atom is 0.335 e. The fraction of sp³-hybridized carbons (Fsp3) is 0.857. The van der Waals surface area contributed by atoms with Gasteiger partial charge in [0.05, 0.1) is 19.8 Å². The molecule has 13 heavy (non-hydrogen) atoms. The van der Waals surface area contributed by atoms with Crippen LogP contribution in [0, 0.1) is 0 Å². The number of hydrogen-bond donors (Lipinski definition) is 3. The van der Waals surface area contributed by atoms with Crippen molar-refractivity contribution in [1.29, 1.82) is 0 Å². The van der Waals surface area contributed by atoms with Crippen LogP contribution in [0.3, 0.4) is 0 Å². The van der Waals surface area contributed by atoms with E-state index in [1.54, 1.807) is 0 Å². The molecule has 0 saturated carbocycles. The van der Waals surface area contributed by atoms with Crippen LogP contribution in [-0.2, 0) is 14.3 Å². The van der Waals surface area contributed by atoms with Gasteiger partial charge in [0.15, 0.2) is 6.10 Å². The first kappa shape index (κ1) is 12.3. The van der Waals surface area contributed by atoms with Gasteiger partial charge in [0.2, 0.25) is 0 Å². The Hall–Kier alpha value is -0.690. The van der Waals surface area contributed by atoms with E-state index >= 15 is 0 Å². The zero-order valence-corrected chi connectivity index (χ0v) is 7.34. The van der Waals surface area contributed by atoms with Crippen molar-refractivity contribution < 1.29 is 29.6 Å². The zero-order chi connectivity index (χ0) is 10.3. The van der Waals surface area contributed by atoms with Crippen molar-refractivity contribution >= 4 is 5.97 Å². The summed E-state index contributed by atoms with van der Waals surface area (Å²) in [6, 6.07) is 0. The number of carboxylic acids is 1. The highest BCUT2D eigenvalue weighted by molar-refractivity contribution is 5.73. The minimum absolute atomic E-state index is 0.100. The Bertz CT molecular complexity index is 144. The van der Waals surface area contributed by atoms with E-state index < -0.39 is 24.8 Å². The number of aliphatic hydroxyl groups excluding tert-OH is 2. The van der Waals surface area contributed by atoms with Gasteiger partial charge in [-0.3, -0.25) is 0 Å². The Balaban J connectivity index is 4.12. The molecule has 0 heterocycles. The van der Waals surface area contributed by atoms with Gasteiger partial charge < -0.3 is 24.8 Å². The molecule has 0 rings (SSSR count). The van der Waals surface area contributed by atoms with Crippen molar-refractivity contribution in [3.05, 3.63) is 0 Å². The molecule has 0 aliphatic rings. The van der Waals surface area contributed by atoms with Crippen molar-refractivity contribution in [3.63, 3.8) is 0 Å². The van der Waals surface area contributed by atoms with Crippen LogP contribution in [0.4, 0.5) is 0 Å². The predicted molar refractivity (Wildman–Crippen MR) is 42.3 cm³/mol. The molecule has 0 amide bonds. The van der Waals surface area contributed by atoms with Gasteiger partial charge in [-0.2, -0.15) is 0 Å². The minimum Gasteiger partial charge on any atom is -0.479 e. The number of carbonyl (C=O) groups is 1. The summed E-state index contributed by atoms with van der Waals surface area (Å²) in [6.45, 7) is -0.818. The summed E-state index contributed by atoms with van der Waals surface area (Å²) >= 11 is 0. The molecule has 0 aliphatic heterocycles. The van der Waals surface area contributed by atoms with Gasteiger partial charge in [0.25, 0.3) is 0 Å². The molecule has 0 radical (unpaired) electrons. The second-order valence-electron chi connectivity index (χ2n) is 2.31. The van der Waals surface area contributed by atoms with Crippen LogP contribution in [-0.4, -0.2) is 60.4 Å². The summed E-state index contributed by atoms with van der Waals surface area (Å²) in [6.07, 6.45) is -2.16. The van der Waals surface area contributed by atoms with Crippen molar-refractivity contribution in [2.75, 3.05) is 26.9 Å². The largest absolute Gasteiger partial charge is 0.479 e. The molecule has 1 unspecified atom stereocenters. The Morgan fingerprint density at radius 2 is 2.08 bits per heavy atom. The van der Waals surface area contributed by atoms with E-state index in [0.29, 0.717) is 0 Å². The van der Waals surface area contributed by atoms with Crippen molar-refractivity contribution in [2.24, 2.45) is 0 Å². The maximum absolute atomic E-state index is 10.6. The van der Waals surface area contributed by atoms with Gasteiger partial charge in [-0.05, 0) is 0 Å². The monoisotopic (exact) mass is 194 g/mol. The van der Waals surface area contributed by atoms with Crippen molar-refractivity contribution in [3.8, 4) is 0 Å². The third kappa shape index (κ3) is 4.18. The molecule has 78 valence electrons. The molecule has 3 N–H and O–H groups in total. The lowest BCUT2D eigenvalue weighted by molar-refractivity contribution is -0.163. The number of aliphatic hydroxyl groups is 2. The van der Waals surface area contributed by atoms with Crippen LogP contribution in [0.5, 0.6) is 0 Å². The number of carboxylic acid groups (broad SMARTS) is 1. The highest BCUT2D eigenvalue weighted by atomic mass is 16.6. The van der Waals surface area contributed by atoms with E-state index in [4.69, 9.17) is 20.1 Å². The highest BCUT2D eigenvalue weighted by Crippen LogP contribution is 2.03. The smallest absolute Gasteiger partial charge is 0.335 e. The Labute approximate surface area is 75.7 Å². The predicted octanol–water partition coefficient (Wildman–Crippen LogP) is -1.54. The Morgan fingerprint density at radius 3 is 2.38 bits per heavy atom. The molecular formula is C7H14O6. The standard InChI is InChI=1S/C7H14O6/c1-12-5(4-9)6(7(10)11)13-3-2-8/h5-6,8-9H,2-4H2,1H3,(H,10,11)/t5-,6?/m1/s1. The van der Waals surface area contributed by atoms with Crippen LogP contribution in [0.1, 0.15) is 0 Å². The third-order valence-electron chi connectivity index (χ3n) is 1.45. The minimum atomic E-state index is -1.25. The van der Waals surface area contributed by atoms with E-state index in [-0.39, 0.29) is 13.2 Å². The second kappa shape index (κ2) is 6.79. The van der Waals surface area contributed by atoms with Crippen LogP contribution < -0.4 is 0 Å². The number of methoxy groups -OCH3 is 1. The Kier molecular flexibility index (Phi) is 6.43. The lowest BCUT2D eigenvalue weighted by atomic mass is 10.2. The summed E-state index contributed by atoms with van der Waals surface area (Å²) in [5.41, 5.74) is 0. The van der Waals surface area contributed by atoms with E-state index in [0.717, 1.165) is 0 Å². The number of hydrogen-bond acceptors (Lipinski definition) is 5. The van der Waals surface area contributed by atoms with E-state index in [1.807, 2.05) is 0 Å². The molecule has 0 fully saturated rings. The lowest BCUT2D eigenvalue weighted by Gasteiger charge is -2.20. The van der Waals surface area contributed by atoms with Gasteiger partial charge in [-0.1, -0.05) is 0 Å². The topological polar surface area (TPSA) is 96.2 Å². The van der Waals surface area contributed by atoms with Crippen LogP contribution in [0.15, 0.2) is 0 Å². The summed E-state index contributed by atoms with van der Waals surface area (Å²) in [5, 5.41) is 25.8. The van der Waals surface area contributed by atoms with E-state index in [1.165, 1.54) is 7.11 Å². The third-order valence-corrected chi connectivity index (χ3v) is 1.45. The SMILES string of the molecule is CO[C@H](CO)C(OCCO)C(=O)O. The molecule has 0 aromatic rings. The van der Waals surface area contributed by atoms with E-state index in [2.05, 4.69) is 4.74 Å². The summed E-state index contributed by atoms with van der Waals surface area (Å²) < 4.78 is 9.44. The molecule has 2 atom stereocenters. The Morgan fingerprint density at radius 1 is 1.46 bits per heavy atom. The maximum atomic E-state index is 10.6.